The third-order valence-corrected chi connectivity index (χ3v) is 7.41. The molecule has 2 heterocycles. The number of anilines is 1. The third-order valence-electron chi connectivity index (χ3n) is 5.14. The molecule has 0 aliphatic heterocycles. The highest BCUT2D eigenvalue weighted by Crippen LogP contribution is 2.34. The number of hydrogen-bond acceptors (Lipinski definition) is 8. The van der Waals surface area contributed by atoms with Crippen LogP contribution in [0.15, 0.2) is 23.4 Å². The van der Waals surface area contributed by atoms with Gasteiger partial charge in [-0.2, -0.15) is 0 Å². The fourth-order valence-electron chi connectivity index (χ4n) is 3.47. The van der Waals surface area contributed by atoms with Gasteiger partial charge in [-0.1, -0.05) is 30.3 Å². The van der Waals surface area contributed by atoms with Crippen molar-refractivity contribution in [3.05, 3.63) is 50.6 Å². The number of thioether (sulfide) groups is 1. The number of esters is 1. The summed E-state index contributed by atoms with van der Waals surface area (Å²) in [6.45, 7) is 8.68. The van der Waals surface area contributed by atoms with E-state index in [1.807, 2.05) is 44.4 Å². The molecule has 1 amide bonds. The van der Waals surface area contributed by atoms with Gasteiger partial charge in [-0.3, -0.25) is 4.79 Å². The second-order valence-corrected chi connectivity index (χ2v) is 9.97. The average molecular weight is 523 g/mol. The first-order valence-corrected chi connectivity index (χ1v) is 12.9. The van der Waals surface area contributed by atoms with E-state index in [2.05, 4.69) is 15.5 Å². The van der Waals surface area contributed by atoms with E-state index in [-0.39, 0.29) is 18.3 Å². The minimum atomic E-state index is -0.449. The summed E-state index contributed by atoms with van der Waals surface area (Å²) in [5.74, 6) is 0.820. The number of thiophene rings is 1. The molecule has 0 radical (unpaired) electrons. The maximum Gasteiger partial charge on any atom is 0.341 e. The summed E-state index contributed by atoms with van der Waals surface area (Å²) >= 11 is 8.66. The van der Waals surface area contributed by atoms with Crippen LogP contribution in [-0.2, 0) is 29.1 Å². The molecule has 0 aliphatic rings. The normalized spacial score (nSPS) is 10.9. The van der Waals surface area contributed by atoms with E-state index in [9.17, 15) is 9.59 Å². The molecule has 8 nitrogen and oxygen atoms in total. The number of carbonyl (C=O) groups is 2. The number of aryl methyl sites for hydroxylation is 2. The summed E-state index contributed by atoms with van der Waals surface area (Å²) in [5.41, 5.74) is 2.26. The standard InChI is InChI=1S/C23H27ClN4O4S2/c1-6-16-14(4)34-21(20(16)22(30)31-5)25-19(29)12-33-23-27-26-18(28(23)7-2)11-32-17-9-8-15(24)10-13(17)3/h8-10H,6-7,11-12H2,1-5H3,(H,25,29). The van der Waals surface area contributed by atoms with E-state index in [4.69, 9.17) is 21.1 Å². The van der Waals surface area contributed by atoms with Gasteiger partial charge in [0.05, 0.1) is 18.4 Å². The topological polar surface area (TPSA) is 95.3 Å². The van der Waals surface area contributed by atoms with Crippen molar-refractivity contribution in [3.8, 4) is 5.75 Å². The van der Waals surface area contributed by atoms with Crippen LogP contribution < -0.4 is 10.1 Å². The van der Waals surface area contributed by atoms with Gasteiger partial charge in [-0.15, -0.1) is 21.5 Å². The third kappa shape index (κ3) is 5.92. The molecule has 0 atom stereocenters. The molecule has 0 bridgehead atoms. The smallest absolute Gasteiger partial charge is 0.341 e. The molecule has 0 fully saturated rings. The molecule has 1 N–H and O–H groups in total. The Bertz CT molecular complexity index is 1190. The quantitative estimate of drug-likeness (QED) is 0.285. The predicted octanol–water partition coefficient (Wildman–Crippen LogP) is 5.29. The van der Waals surface area contributed by atoms with E-state index < -0.39 is 5.97 Å². The fraction of sp³-hybridized carbons (Fsp3) is 0.391. The number of nitrogens with one attached hydrogen (secondary N) is 1. The monoisotopic (exact) mass is 522 g/mol. The average Bonchev–Trinajstić information content (AvgIpc) is 3.35. The number of amides is 1. The lowest BCUT2D eigenvalue weighted by atomic mass is 10.1. The Balaban J connectivity index is 1.65. The highest BCUT2D eigenvalue weighted by molar-refractivity contribution is 7.99. The van der Waals surface area contributed by atoms with Crippen molar-refractivity contribution >= 4 is 51.6 Å². The molecule has 3 rings (SSSR count). The summed E-state index contributed by atoms with van der Waals surface area (Å²) in [6.07, 6.45) is 0.678. The molecular weight excluding hydrogens is 496 g/mol. The van der Waals surface area contributed by atoms with Crippen LogP contribution >= 0.6 is 34.7 Å². The predicted molar refractivity (Wildman–Crippen MR) is 135 cm³/mol. The number of benzene rings is 1. The van der Waals surface area contributed by atoms with Gasteiger partial charge in [0.15, 0.2) is 11.0 Å². The molecule has 1 aromatic carbocycles. The Labute approximate surface area is 212 Å². The number of methoxy groups -OCH3 is 1. The number of halogens is 1. The zero-order chi connectivity index (χ0) is 24.8. The number of rotatable bonds is 10. The molecule has 0 saturated heterocycles. The van der Waals surface area contributed by atoms with Crippen molar-refractivity contribution in [2.45, 2.75) is 52.4 Å². The Morgan fingerprint density at radius 1 is 1.24 bits per heavy atom. The zero-order valence-corrected chi connectivity index (χ0v) is 22.1. The molecular formula is C23H27ClN4O4S2. The van der Waals surface area contributed by atoms with Crippen LogP contribution in [0, 0.1) is 13.8 Å². The highest BCUT2D eigenvalue weighted by atomic mass is 35.5. The molecule has 3 aromatic rings. The van der Waals surface area contributed by atoms with Crippen molar-refractivity contribution in [2.24, 2.45) is 0 Å². The molecule has 34 heavy (non-hydrogen) atoms. The van der Waals surface area contributed by atoms with Crippen LogP contribution in [0.3, 0.4) is 0 Å². The largest absolute Gasteiger partial charge is 0.485 e. The summed E-state index contributed by atoms with van der Waals surface area (Å²) < 4.78 is 12.7. The summed E-state index contributed by atoms with van der Waals surface area (Å²) in [4.78, 5) is 25.9. The van der Waals surface area contributed by atoms with Gasteiger partial charge in [0.2, 0.25) is 5.91 Å². The highest BCUT2D eigenvalue weighted by Gasteiger charge is 2.23. The van der Waals surface area contributed by atoms with Gasteiger partial charge in [-0.05, 0) is 56.5 Å². The lowest BCUT2D eigenvalue weighted by Gasteiger charge is -2.11. The van der Waals surface area contributed by atoms with Crippen LogP contribution in [0.4, 0.5) is 5.00 Å². The second-order valence-electron chi connectivity index (χ2n) is 7.36. The SMILES string of the molecule is CCc1c(C)sc(NC(=O)CSc2nnc(COc3ccc(Cl)cc3C)n2CC)c1C(=O)OC. The Morgan fingerprint density at radius 3 is 2.65 bits per heavy atom. The number of hydrogen-bond donors (Lipinski definition) is 1. The first kappa shape index (κ1) is 26.1. The molecule has 2 aromatic heterocycles. The zero-order valence-electron chi connectivity index (χ0n) is 19.7. The fourth-order valence-corrected chi connectivity index (χ4v) is 5.67. The molecule has 0 spiro atoms. The number of ether oxygens (including phenoxy) is 2. The van der Waals surface area contributed by atoms with E-state index in [1.165, 1.54) is 30.2 Å². The van der Waals surface area contributed by atoms with E-state index >= 15 is 0 Å². The van der Waals surface area contributed by atoms with Gasteiger partial charge >= 0.3 is 5.97 Å². The van der Waals surface area contributed by atoms with Crippen molar-refractivity contribution in [3.63, 3.8) is 0 Å². The van der Waals surface area contributed by atoms with Crippen LogP contribution in [0.1, 0.15) is 46.0 Å². The van der Waals surface area contributed by atoms with E-state index in [1.54, 1.807) is 6.07 Å². The van der Waals surface area contributed by atoms with E-state index in [0.29, 0.717) is 39.5 Å². The Morgan fingerprint density at radius 2 is 2.00 bits per heavy atom. The van der Waals surface area contributed by atoms with Crippen molar-refractivity contribution < 1.29 is 19.1 Å². The minimum Gasteiger partial charge on any atom is -0.485 e. The molecule has 0 aliphatic carbocycles. The van der Waals surface area contributed by atoms with Crippen molar-refractivity contribution in [1.82, 2.24) is 14.8 Å². The van der Waals surface area contributed by atoms with Crippen molar-refractivity contribution in [1.29, 1.82) is 0 Å². The van der Waals surface area contributed by atoms with Gasteiger partial charge in [0.1, 0.15) is 17.4 Å². The van der Waals surface area contributed by atoms with Gasteiger partial charge in [0, 0.05) is 16.4 Å². The second kappa shape index (κ2) is 11.7. The summed E-state index contributed by atoms with van der Waals surface area (Å²) in [6, 6.07) is 5.44. The summed E-state index contributed by atoms with van der Waals surface area (Å²) in [5, 5.41) is 13.1. The molecule has 0 saturated carbocycles. The van der Waals surface area contributed by atoms with E-state index in [0.717, 1.165) is 21.8 Å². The van der Waals surface area contributed by atoms with Crippen LogP contribution in [-0.4, -0.2) is 39.5 Å². The summed E-state index contributed by atoms with van der Waals surface area (Å²) in [7, 11) is 1.34. The lowest BCUT2D eigenvalue weighted by Crippen LogP contribution is -2.17. The number of carbonyl (C=O) groups excluding carboxylic acids is 2. The Hall–Kier alpha value is -2.56. The first-order valence-electron chi connectivity index (χ1n) is 10.7. The van der Waals surface area contributed by atoms with Crippen LogP contribution in [0.25, 0.3) is 0 Å². The van der Waals surface area contributed by atoms with Gasteiger partial charge < -0.3 is 19.4 Å². The molecule has 0 unspecified atom stereocenters. The van der Waals surface area contributed by atoms with Gasteiger partial charge in [-0.25, -0.2) is 4.79 Å². The van der Waals surface area contributed by atoms with Crippen molar-refractivity contribution in [2.75, 3.05) is 18.2 Å². The Kier molecular flexibility index (Phi) is 8.98. The lowest BCUT2D eigenvalue weighted by molar-refractivity contribution is -0.113. The first-order chi connectivity index (χ1) is 16.3. The maximum atomic E-state index is 12.7. The van der Waals surface area contributed by atoms with Crippen LogP contribution in [0.2, 0.25) is 5.02 Å². The van der Waals surface area contributed by atoms with Gasteiger partial charge in [0.25, 0.3) is 0 Å². The maximum absolute atomic E-state index is 12.7. The minimum absolute atomic E-state index is 0.119. The number of aromatic nitrogens is 3. The number of nitrogens with zero attached hydrogens (tertiary/aromatic N) is 3. The molecule has 182 valence electrons. The molecule has 11 heteroatoms. The van der Waals surface area contributed by atoms with Crippen LogP contribution in [0.5, 0.6) is 5.75 Å².